The molecule has 1 aromatic heterocycles. The second kappa shape index (κ2) is 8.78. The first-order valence-corrected chi connectivity index (χ1v) is 10.0. The summed E-state index contributed by atoms with van der Waals surface area (Å²) >= 11 is 1.66. The molecule has 0 aliphatic carbocycles. The van der Waals surface area contributed by atoms with Gasteiger partial charge in [-0.15, -0.1) is 11.3 Å². The number of hydrogen-bond acceptors (Lipinski definition) is 5. The molecule has 6 nitrogen and oxygen atoms in total. The van der Waals surface area contributed by atoms with Crippen LogP contribution in [-0.4, -0.2) is 78.9 Å². The maximum atomic E-state index is 12.2. The number of thiophene rings is 1. The topological polar surface area (TPSA) is 55.9 Å². The molecule has 25 heavy (non-hydrogen) atoms. The molecule has 3 heterocycles. The van der Waals surface area contributed by atoms with Crippen LogP contribution in [-0.2, 0) is 9.59 Å². The van der Waals surface area contributed by atoms with Crippen molar-refractivity contribution >= 4 is 23.2 Å². The second-order valence-electron chi connectivity index (χ2n) is 6.94. The quantitative estimate of drug-likeness (QED) is 0.823. The van der Waals surface area contributed by atoms with Crippen molar-refractivity contribution in [2.24, 2.45) is 0 Å². The Kier molecular flexibility index (Phi) is 6.45. The van der Waals surface area contributed by atoms with Gasteiger partial charge in [0.25, 0.3) is 0 Å². The second-order valence-corrected chi connectivity index (χ2v) is 7.92. The van der Waals surface area contributed by atoms with E-state index in [2.05, 4.69) is 15.1 Å². The molecule has 2 aliphatic heterocycles. The van der Waals surface area contributed by atoms with E-state index in [0.717, 1.165) is 52.1 Å². The van der Waals surface area contributed by atoms with Gasteiger partial charge >= 0.3 is 0 Å². The van der Waals surface area contributed by atoms with Crippen LogP contribution < -0.4 is 5.32 Å². The molecular formula is C18H28N4O2S. The van der Waals surface area contributed by atoms with E-state index in [1.165, 1.54) is 4.88 Å². The van der Waals surface area contributed by atoms with Crippen LogP contribution in [0, 0.1) is 0 Å². The summed E-state index contributed by atoms with van der Waals surface area (Å²) in [4.78, 5) is 32.0. The normalized spacial score (nSPS) is 20.6. The lowest BCUT2D eigenvalue weighted by Crippen LogP contribution is -2.51. The Morgan fingerprint density at radius 2 is 1.72 bits per heavy atom. The maximum absolute atomic E-state index is 12.2. The first kappa shape index (κ1) is 18.4. The SMILES string of the molecule is CC(NC(=O)CN1CCN(CC(=O)N2CCCC2)CC1)c1cccs1. The number of amides is 2. The molecule has 0 bridgehead atoms. The summed E-state index contributed by atoms with van der Waals surface area (Å²) in [6, 6.07) is 4.11. The largest absolute Gasteiger partial charge is 0.348 e. The number of carbonyl (C=O) groups is 2. The Morgan fingerprint density at radius 3 is 2.32 bits per heavy atom. The third-order valence-electron chi connectivity index (χ3n) is 5.00. The molecule has 1 N–H and O–H groups in total. The first-order chi connectivity index (χ1) is 12.1. The highest BCUT2D eigenvalue weighted by molar-refractivity contribution is 7.10. The zero-order chi connectivity index (χ0) is 17.6. The Morgan fingerprint density at radius 1 is 1.08 bits per heavy atom. The van der Waals surface area contributed by atoms with Gasteiger partial charge in [0.15, 0.2) is 0 Å². The minimum Gasteiger partial charge on any atom is -0.348 e. The van der Waals surface area contributed by atoms with E-state index in [9.17, 15) is 9.59 Å². The predicted molar refractivity (Wildman–Crippen MR) is 99.6 cm³/mol. The summed E-state index contributed by atoms with van der Waals surface area (Å²) in [6.07, 6.45) is 2.27. The van der Waals surface area contributed by atoms with Gasteiger partial charge in [-0.1, -0.05) is 6.07 Å². The van der Waals surface area contributed by atoms with Crippen molar-refractivity contribution < 1.29 is 9.59 Å². The van der Waals surface area contributed by atoms with E-state index in [1.54, 1.807) is 11.3 Å². The molecule has 2 aliphatic rings. The van der Waals surface area contributed by atoms with Gasteiger partial charge in [-0.05, 0) is 31.2 Å². The predicted octanol–water partition coefficient (Wildman–Crippen LogP) is 1.17. The highest BCUT2D eigenvalue weighted by atomic mass is 32.1. The smallest absolute Gasteiger partial charge is 0.236 e. The van der Waals surface area contributed by atoms with Crippen molar-refractivity contribution in [3.05, 3.63) is 22.4 Å². The molecule has 0 spiro atoms. The van der Waals surface area contributed by atoms with Gasteiger partial charge in [0, 0.05) is 44.1 Å². The highest BCUT2D eigenvalue weighted by Gasteiger charge is 2.24. The molecule has 0 aromatic carbocycles. The van der Waals surface area contributed by atoms with Gasteiger partial charge < -0.3 is 10.2 Å². The average molecular weight is 365 g/mol. The number of carbonyl (C=O) groups excluding carboxylic acids is 2. The molecule has 3 rings (SSSR count). The molecular weight excluding hydrogens is 336 g/mol. The lowest BCUT2D eigenvalue weighted by Gasteiger charge is -2.34. The first-order valence-electron chi connectivity index (χ1n) is 9.17. The standard InChI is InChI=1S/C18H28N4O2S/c1-15(16-5-4-12-25-16)19-17(23)13-20-8-10-21(11-9-20)14-18(24)22-6-2-3-7-22/h4-5,12,15H,2-3,6-11,13-14H2,1H3,(H,19,23). The maximum Gasteiger partial charge on any atom is 0.236 e. The van der Waals surface area contributed by atoms with E-state index < -0.39 is 0 Å². The van der Waals surface area contributed by atoms with Gasteiger partial charge in [-0.3, -0.25) is 19.4 Å². The fourth-order valence-electron chi connectivity index (χ4n) is 3.46. The number of hydrogen-bond donors (Lipinski definition) is 1. The lowest BCUT2D eigenvalue weighted by molar-refractivity contribution is -0.132. The van der Waals surface area contributed by atoms with Crippen LogP contribution in [0.25, 0.3) is 0 Å². The summed E-state index contributed by atoms with van der Waals surface area (Å²) in [5.74, 6) is 0.330. The Bertz CT molecular complexity index is 564. The van der Waals surface area contributed by atoms with Gasteiger partial charge in [0.1, 0.15) is 0 Å². The number of likely N-dealkylation sites (tertiary alicyclic amines) is 1. The van der Waals surface area contributed by atoms with Crippen molar-refractivity contribution in [3.8, 4) is 0 Å². The molecule has 1 aromatic rings. The zero-order valence-electron chi connectivity index (χ0n) is 14.9. The molecule has 2 amide bonds. The molecule has 0 radical (unpaired) electrons. The van der Waals surface area contributed by atoms with Crippen molar-refractivity contribution in [1.82, 2.24) is 20.0 Å². The molecule has 0 saturated carbocycles. The van der Waals surface area contributed by atoms with Crippen molar-refractivity contribution in [3.63, 3.8) is 0 Å². The summed E-state index contributed by atoms with van der Waals surface area (Å²) < 4.78 is 0. The van der Waals surface area contributed by atoms with Gasteiger partial charge in [0.05, 0.1) is 19.1 Å². The molecule has 7 heteroatoms. The molecule has 2 fully saturated rings. The van der Waals surface area contributed by atoms with E-state index in [-0.39, 0.29) is 17.9 Å². The number of nitrogens with zero attached hydrogens (tertiary/aromatic N) is 3. The van der Waals surface area contributed by atoms with Gasteiger partial charge in [0.2, 0.25) is 11.8 Å². The van der Waals surface area contributed by atoms with Crippen LogP contribution in [0.5, 0.6) is 0 Å². The van der Waals surface area contributed by atoms with Crippen molar-refractivity contribution in [2.45, 2.75) is 25.8 Å². The molecule has 138 valence electrons. The zero-order valence-corrected chi connectivity index (χ0v) is 15.8. The highest BCUT2D eigenvalue weighted by Crippen LogP contribution is 2.18. The summed E-state index contributed by atoms with van der Waals surface area (Å²) in [5, 5.41) is 5.09. The van der Waals surface area contributed by atoms with Crippen LogP contribution in [0.2, 0.25) is 0 Å². The Hall–Kier alpha value is -1.44. The Balaban J connectivity index is 1.35. The number of piperazine rings is 1. The van der Waals surface area contributed by atoms with E-state index in [0.29, 0.717) is 13.1 Å². The summed E-state index contributed by atoms with van der Waals surface area (Å²) in [6.45, 7) is 8.20. The van der Waals surface area contributed by atoms with Gasteiger partial charge in [-0.25, -0.2) is 0 Å². The summed E-state index contributed by atoms with van der Waals surface area (Å²) in [7, 11) is 0. The number of rotatable bonds is 6. The van der Waals surface area contributed by atoms with Crippen LogP contribution in [0.1, 0.15) is 30.7 Å². The fraction of sp³-hybridized carbons (Fsp3) is 0.667. The van der Waals surface area contributed by atoms with Crippen LogP contribution in [0.4, 0.5) is 0 Å². The molecule has 1 atom stereocenters. The van der Waals surface area contributed by atoms with Crippen molar-refractivity contribution in [2.75, 3.05) is 52.4 Å². The van der Waals surface area contributed by atoms with Crippen molar-refractivity contribution in [1.29, 1.82) is 0 Å². The van der Waals surface area contributed by atoms with E-state index in [4.69, 9.17) is 0 Å². The van der Waals surface area contributed by atoms with E-state index in [1.807, 2.05) is 29.3 Å². The minimum atomic E-state index is 0.0619. The Labute approximate surface area is 153 Å². The molecule has 2 saturated heterocycles. The van der Waals surface area contributed by atoms with Gasteiger partial charge in [-0.2, -0.15) is 0 Å². The third-order valence-corrected chi connectivity index (χ3v) is 6.05. The third kappa shape index (κ3) is 5.26. The summed E-state index contributed by atoms with van der Waals surface area (Å²) in [5.41, 5.74) is 0. The number of nitrogens with one attached hydrogen (secondary N) is 1. The monoisotopic (exact) mass is 364 g/mol. The average Bonchev–Trinajstić information content (AvgIpc) is 3.30. The van der Waals surface area contributed by atoms with Crippen LogP contribution in [0.15, 0.2) is 17.5 Å². The van der Waals surface area contributed by atoms with Crippen LogP contribution >= 0.6 is 11.3 Å². The fourth-order valence-corrected chi connectivity index (χ4v) is 4.20. The lowest BCUT2D eigenvalue weighted by atomic mass is 10.2. The van der Waals surface area contributed by atoms with E-state index >= 15 is 0 Å². The van der Waals surface area contributed by atoms with Crippen LogP contribution in [0.3, 0.4) is 0 Å². The molecule has 1 unspecified atom stereocenters. The minimum absolute atomic E-state index is 0.0619.